The van der Waals surface area contributed by atoms with Crippen LogP contribution in [0.3, 0.4) is 0 Å². The molecule has 1 aromatic rings. The van der Waals surface area contributed by atoms with Crippen molar-refractivity contribution >= 4 is 37.6 Å². The van der Waals surface area contributed by atoms with Gasteiger partial charge in [-0.15, -0.1) is 0 Å². The lowest BCUT2D eigenvalue weighted by Gasteiger charge is -2.21. The van der Waals surface area contributed by atoms with Gasteiger partial charge in [0.15, 0.2) is 9.84 Å². The number of carboxylic acids is 1. The van der Waals surface area contributed by atoms with Crippen molar-refractivity contribution in [1.29, 1.82) is 0 Å². The second kappa shape index (κ2) is 6.57. The zero-order chi connectivity index (χ0) is 16.4. The second-order valence-corrected chi connectivity index (χ2v) is 7.62. The molecule has 1 N–H and O–H groups in total. The van der Waals surface area contributed by atoms with Crippen LogP contribution in [-0.2, 0) is 14.6 Å². The monoisotopic (exact) mass is 377 g/mol. The van der Waals surface area contributed by atoms with E-state index in [9.17, 15) is 18.0 Å². The van der Waals surface area contributed by atoms with Crippen molar-refractivity contribution in [1.82, 2.24) is 4.90 Å². The summed E-state index contributed by atoms with van der Waals surface area (Å²) in [5.41, 5.74) is -0.151. The summed E-state index contributed by atoms with van der Waals surface area (Å²) in [6.07, 6.45) is 0. The van der Waals surface area contributed by atoms with Crippen LogP contribution in [0.25, 0.3) is 0 Å². The van der Waals surface area contributed by atoms with E-state index in [0.29, 0.717) is 0 Å². The molecule has 0 aliphatic rings. The number of sulfone groups is 1. The molecule has 0 saturated heterocycles. The maximum atomic E-state index is 12.3. The summed E-state index contributed by atoms with van der Waals surface area (Å²) in [6, 6.07) is 3.55. The van der Waals surface area contributed by atoms with E-state index in [-0.39, 0.29) is 21.0 Å². The number of nitrogens with zero attached hydrogens (tertiary/aromatic N) is 1. The first-order chi connectivity index (χ1) is 9.56. The topological polar surface area (TPSA) is 91.8 Å². The standard InChI is InChI=1S/C13H16BrNO5S/c1-8(2)15(3)12(16)7-21(19,20)11-6-9(13(17)18)4-5-10(11)14/h4-6,8H,7H2,1-3H3,(H,17,18). The lowest BCUT2D eigenvalue weighted by molar-refractivity contribution is -0.128. The molecule has 8 heteroatoms. The van der Waals surface area contributed by atoms with E-state index in [1.807, 2.05) is 0 Å². The fraction of sp³-hybridized carbons (Fsp3) is 0.385. The molecule has 1 rings (SSSR count). The minimum absolute atomic E-state index is 0.124. The molecule has 116 valence electrons. The Labute approximate surface area is 131 Å². The largest absolute Gasteiger partial charge is 0.478 e. The smallest absolute Gasteiger partial charge is 0.335 e. The first-order valence-electron chi connectivity index (χ1n) is 6.07. The molecule has 0 aliphatic carbocycles. The van der Waals surface area contributed by atoms with Crippen molar-refractivity contribution in [3.8, 4) is 0 Å². The number of aromatic carboxylic acids is 1. The average molecular weight is 378 g/mol. The molecule has 0 atom stereocenters. The zero-order valence-corrected chi connectivity index (χ0v) is 14.2. The lowest BCUT2D eigenvalue weighted by Crippen LogP contribution is -2.37. The Bertz CT molecular complexity index is 669. The van der Waals surface area contributed by atoms with E-state index in [1.54, 1.807) is 13.8 Å². The van der Waals surface area contributed by atoms with E-state index in [4.69, 9.17) is 5.11 Å². The number of carbonyl (C=O) groups excluding carboxylic acids is 1. The number of hydrogen-bond acceptors (Lipinski definition) is 4. The van der Waals surface area contributed by atoms with Gasteiger partial charge in [0, 0.05) is 17.6 Å². The summed E-state index contributed by atoms with van der Waals surface area (Å²) in [4.78, 5) is 24.0. The molecule has 0 bridgehead atoms. The fourth-order valence-electron chi connectivity index (χ4n) is 1.50. The Balaban J connectivity index is 3.17. The molecule has 0 fully saturated rings. The molecule has 0 radical (unpaired) electrons. The third-order valence-corrected chi connectivity index (χ3v) is 5.58. The normalized spacial score (nSPS) is 11.5. The third kappa shape index (κ3) is 4.28. The molecule has 0 aromatic heterocycles. The minimum Gasteiger partial charge on any atom is -0.478 e. The van der Waals surface area contributed by atoms with Gasteiger partial charge < -0.3 is 10.0 Å². The summed E-state index contributed by atoms with van der Waals surface area (Å²) in [7, 11) is -2.41. The van der Waals surface area contributed by atoms with Gasteiger partial charge in [-0.1, -0.05) is 0 Å². The van der Waals surface area contributed by atoms with E-state index >= 15 is 0 Å². The van der Waals surface area contributed by atoms with Gasteiger partial charge in [-0.2, -0.15) is 0 Å². The number of benzene rings is 1. The third-order valence-electron chi connectivity index (χ3n) is 2.99. The van der Waals surface area contributed by atoms with Crippen LogP contribution in [0.4, 0.5) is 0 Å². The van der Waals surface area contributed by atoms with Crippen molar-refractivity contribution < 1.29 is 23.1 Å². The van der Waals surface area contributed by atoms with Crippen molar-refractivity contribution in [2.24, 2.45) is 0 Å². The molecule has 0 unspecified atom stereocenters. The first-order valence-corrected chi connectivity index (χ1v) is 8.52. The predicted octanol–water partition coefficient (Wildman–Crippen LogP) is 1.79. The van der Waals surface area contributed by atoms with E-state index < -0.39 is 27.5 Å². The lowest BCUT2D eigenvalue weighted by atomic mass is 10.2. The number of hydrogen-bond donors (Lipinski definition) is 1. The van der Waals surface area contributed by atoms with Crippen LogP contribution in [-0.4, -0.2) is 49.1 Å². The van der Waals surface area contributed by atoms with Gasteiger partial charge in [-0.05, 0) is 48.0 Å². The molecule has 0 saturated carbocycles. The number of carbonyl (C=O) groups is 2. The number of carboxylic acid groups (broad SMARTS) is 1. The number of amides is 1. The Morgan fingerprint density at radius 3 is 2.38 bits per heavy atom. The molecule has 0 aliphatic heterocycles. The molecule has 1 amide bonds. The summed E-state index contributed by atoms with van der Waals surface area (Å²) < 4.78 is 24.8. The highest BCUT2D eigenvalue weighted by atomic mass is 79.9. The summed E-state index contributed by atoms with van der Waals surface area (Å²) in [6.45, 7) is 3.54. The Hall–Kier alpha value is -1.41. The molecule has 1 aromatic carbocycles. The molecule has 0 heterocycles. The zero-order valence-electron chi connectivity index (χ0n) is 11.8. The van der Waals surface area contributed by atoms with Crippen LogP contribution >= 0.6 is 15.9 Å². The molecule has 0 spiro atoms. The number of rotatable bonds is 5. The van der Waals surface area contributed by atoms with Gasteiger partial charge >= 0.3 is 5.97 Å². The molecular formula is C13H16BrNO5S. The van der Waals surface area contributed by atoms with Crippen molar-refractivity contribution in [3.63, 3.8) is 0 Å². The van der Waals surface area contributed by atoms with E-state index in [1.165, 1.54) is 24.1 Å². The van der Waals surface area contributed by atoms with E-state index in [0.717, 1.165) is 6.07 Å². The minimum atomic E-state index is -3.93. The Morgan fingerprint density at radius 2 is 1.90 bits per heavy atom. The van der Waals surface area contributed by atoms with Crippen LogP contribution in [0, 0.1) is 0 Å². The predicted molar refractivity (Wildman–Crippen MR) is 81.1 cm³/mol. The van der Waals surface area contributed by atoms with Gasteiger partial charge in [-0.25, -0.2) is 13.2 Å². The van der Waals surface area contributed by atoms with Crippen molar-refractivity contribution in [2.75, 3.05) is 12.8 Å². The highest BCUT2D eigenvalue weighted by Crippen LogP contribution is 2.24. The molecule has 6 nitrogen and oxygen atoms in total. The second-order valence-electron chi connectivity index (χ2n) is 4.81. The van der Waals surface area contributed by atoms with Crippen LogP contribution in [0.2, 0.25) is 0 Å². The van der Waals surface area contributed by atoms with Crippen molar-refractivity contribution in [2.45, 2.75) is 24.8 Å². The Morgan fingerprint density at radius 1 is 1.33 bits per heavy atom. The Kier molecular flexibility index (Phi) is 5.52. The number of halogens is 1. The average Bonchev–Trinajstić information content (AvgIpc) is 2.36. The summed E-state index contributed by atoms with van der Waals surface area (Å²) in [5, 5.41) is 8.92. The molecular weight excluding hydrogens is 362 g/mol. The first kappa shape index (κ1) is 17.6. The fourth-order valence-corrected chi connectivity index (χ4v) is 3.85. The van der Waals surface area contributed by atoms with Crippen molar-refractivity contribution in [3.05, 3.63) is 28.2 Å². The summed E-state index contributed by atoms with van der Waals surface area (Å²) in [5.74, 6) is -2.48. The van der Waals surface area contributed by atoms with Gasteiger partial charge in [0.25, 0.3) is 0 Å². The molecule has 21 heavy (non-hydrogen) atoms. The van der Waals surface area contributed by atoms with Gasteiger partial charge in [-0.3, -0.25) is 4.79 Å². The quantitative estimate of drug-likeness (QED) is 0.844. The van der Waals surface area contributed by atoms with Crippen LogP contribution in [0.5, 0.6) is 0 Å². The van der Waals surface area contributed by atoms with E-state index in [2.05, 4.69) is 15.9 Å². The van der Waals surface area contributed by atoms with Crippen LogP contribution in [0.1, 0.15) is 24.2 Å². The van der Waals surface area contributed by atoms with Crippen LogP contribution < -0.4 is 0 Å². The van der Waals surface area contributed by atoms with Gasteiger partial charge in [0.1, 0.15) is 5.75 Å². The summed E-state index contributed by atoms with van der Waals surface area (Å²) >= 11 is 3.07. The van der Waals surface area contributed by atoms with Gasteiger partial charge in [0.05, 0.1) is 10.5 Å². The van der Waals surface area contributed by atoms with Gasteiger partial charge in [0.2, 0.25) is 5.91 Å². The van der Waals surface area contributed by atoms with Crippen LogP contribution in [0.15, 0.2) is 27.6 Å². The maximum Gasteiger partial charge on any atom is 0.335 e. The highest BCUT2D eigenvalue weighted by Gasteiger charge is 2.25. The highest BCUT2D eigenvalue weighted by molar-refractivity contribution is 9.10. The maximum absolute atomic E-state index is 12.3. The SMILES string of the molecule is CC(C)N(C)C(=O)CS(=O)(=O)c1cc(C(=O)O)ccc1Br.